The van der Waals surface area contributed by atoms with Crippen molar-refractivity contribution in [2.75, 3.05) is 37.6 Å². The van der Waals surface area contributed by atoms with Crippen LogP contribution in [0.2, 0.25) is 0 Å². The minimum atomic E-state index is -0.0204. The average molecular weight is 356 g/mol. The Morgan fingerprint density at radius 3 is 2.96 bits per heavy atom. The van der Waals surface area contributed by atoms with Crippen LogP contribution >= 0.6 is 11.3 Å². The minimum Gasteiger partial charge on any atom is -0.370 e. The molecule has 5 heterocycles. The summed E-state index contributed by atoms with van der Waals surface area (Å²) in [4.78, 5) is 22.1. The maximum atomic E-state index is 12.7. The molecule has 0 aromatic carbocycles. The molecule has 3 fully saturated rings. The number of fused-ring (bicyclic) bond motifs is 3. The predicted molar refractivity (Wildman–Crippen MR) is 101 cm³/mol. The van der Waals surface area contributed by atoms with Crippen molar-refractivity contribution in [3.63, 3.8) is 0 Å². The minimum absolute atomic E-state index is 0.0204. The number of thiophene rings is 1. The highest BCUT2D eigenvalue weighted by Gasteiger charge is 2.33. The number of anilines is 1. The molecule has 3 atom stereocenters. The second-order valence-electron chi connectivity index (χ2n) is 7.70. The zero-order valence-corrected chi connectivity index (χ0v) is 15.2. The zero-order valence-electron chi connectivity index (χ0n) is 14.4. The lowest BCUT2D eigenvalue weighted by molar-refractivity contribution is 0.0904. The van der Waals surface area contributed by atoms with Crippen LogP contribution in [0.5, 0.6) is 0 Å². The fourth-order valence-electron chi connectivity index (χ4n) is 4.67. The van der Waals surface area contributed by atoms with Crippen molar-refractivity contribution >= 4 is 33.0 Å². The largest absolute Gasteiger partial charge is 0.370 e. The number of pyridine rings is 1. The van der Waals surface area contributed by atoms with E-state index in [1.165, 1.54) is 48.1 Å². The zero-order chi connectivity index (χ0) is 16.8. The van der Waals surface area contributed by atoms with E-state index in [2.05, 4.69) is 25.5 Å². The quantitative estimate of drug-likeness (QED) is 0.919. The molecule has 2 aromatic heterocycles. The number of carbonyl (C=O) groups is 1. The Labute approximate surface area is 152 Å². The van der Waals surface area contributed by atoms with Crippen molar-refractivity contribution in [3.05, 3.63) is 23.3 Å². The van der Waals surface area contributed by atoms with Gasteiger partial charge in [0.05, 0.1) is 10.4 Å². The third kappa shape index (κ3) is 2.91. The maximum Gasteiger partial charge on any atom is 0.270 e. The lowest BCUT2D eigenvalue weighted by Gasteiger charge is -2.30. The van der Waals surface area contributed by atoms with Crippen LogP contribution in [0.15, 0.2) is 17.6 Å². The molecule has 1 N–H and O–H groups in total. The van der Waals surface area contributed by atoms with Crippen molar-refractivity contribution in [3.8, 4) is 0 Å². The third-order valence-electron chi connectivity index (χ3n) is 5.92. The molecule has 132 valence electrons. The van der Waals surface area contributed by atoms with Crippen LogP contribution in [0.1, 0.15) is 36.2 Å². The second-order valence-corrected chi connectivity index (χ2v) is 8.61. The van der Waals surface area contributed by atoms with Crippen LogP contribution in [0.3, 0.4) is 0 Å². The molecular formula is C19H24N4OS. The summed E-state index contributed by atoms with van der Waals surface area (Å²) in [5.41, 5.74) is 1.83. The molecule has 1 unspecified atom stereocenters. The molecule has 0 radical (unpaired) electrons. The number of hydrogen-bond acceptors (Lipinski definition) is 5. The molecule has 5 nitrogen and oxygen atoms in total. The van der Waals surface area contributed by atoms with E-state index in [1.54, 1.807) is 11.3 Å². The van der Waals surface area contributed by atoms with E-state index in [1.807, 2.05) is 12.3 Å². The Bertz CT molecular complexity index is 786. The first-order valence-electron chi connectivity index (χ1n) is 9.42. The normalized spacial score (nSPS) is 28.6. The first-order chi connectivity index (χ1) is 12.3. The fraction of sp³-hybridized carbons (Fsp3) is 0.579. The van der Waals surface area contributed by atoms with E-state index in [4.69, 9.17) is 0 Å². The number of carbonyl (C=O) groups excluding carboxylic acids is 1. The Morgan fingerprint density at radius 1 is 1.24 bits per heavy atom. The topological polar surface area (TPSA) is 48.5 Å². The third-order valence-corrected chi connectivity index (χ3v) is 6.84. The highest BCUT2D eigenvalue weighted by molar-refractivity contribution is 7.17. The molecule has 25 heavy (non-hydrogen) atoms. The summed E-state index contributed by atoms with van der Waals surface area (Å²) in [6, 6.07) is 2.26. The van der Waals surface area contributed by atoms with Crippen LogP contribution in [0, 0.1) is 5.92 Å². The Hall–Kier alpha value is -1.66. The van der Waals surface area contributed by atoms with Crippen molar-refractivity contribution < 1.29 is 4.79 Å². The summed E-state index contributed by atoms with van der Waals surface area (Å²) in [5.74, 6) is 0.737. The van der Waals surface area contributed by atoms with E-state index in [0.29, 0.717) is 5.69 Å². The molecular weight excluding hydrogens is 332 g/mol. The van der Waals surface area contributed by atoms with Gasteiger partial charge in [-0.15, -0.1) is 11.3 Å². The van der Waals surface area contributed by atoms with Gasteiger partial charge in [-0.3, -0.25) is 4.79 Å². The summed E-state index contributed by atoms with van der Waals surface area (Å²) >= 11 is 1.72. The highest BCUT2D eigenvalue weighted by Crippen LogP contribution is 2.35. The molecule has 3 aliphatic heterocycles. The Morgan fingerprint density at radius 2 is 2.12 bits per heavy atom. The molecule has 2 bridgehead atoms. The van der Waals surface area contributed by atoms with Gasteiger partial charge in [-0.05, 0) is 44.2 Å². The first-order valence-corrected chi connectivity index (χ1v) is 10.3. The number of nitrogens with one attached hydrogen (secondary N) is 1. The molecule has 0 spiro atoms. The molecule has 3 saturated heterocycles. The summed E-state index contributed by atoms with van der Waals surface area (Å²) in [5, 5.41) is 6.62. The number of rotatable bonds is 3. The van der Waals surface area contributed by atoms with Crippen molar-refractivity contribution in [1.29, 1.82) is 0 Å². The number of piperidine rings is 1. The molecule has 3 aliphatic rings. The van der Waals surface area contributed by atoms with Gasteiger partial charge in [0.1, 0.15) is 5.69 Å². The number of aromatic nitrogens is 1. The van der Waals surface area contributed by atoms with E-state index in [-0.39, 0.29) is 11.9 Å². The summed E-state index contributed by atoms with van der Waals surface area (Å²) in [7, 11) is 0. The lowest BCUT2D eigenvalue weighted by Crippen LogP contribution is -2.47. The summed E-state index contributed by atoms with van der Waals surface area (Å²) in [6.45, 7) is 5.63. The standard InChI is InChI=1S/C19H24N4OS/c24-19(21-14-7-13-3-6-22(10-13)11-14)16-8-15-17(23-4-1-2-5-23)12-25-18(15)9-20-16/h8-9,12-14H,1-7,10-11H2,(H,21,24)/t13-,14+/m0/s1. The van der Waals surface area contributed by atoms with Gasteiger partial charge >= 0.3 is 0 Å². The molecule has 5 rings (SSSR count). The van der Waals surface area contributed by atoms with Crippen LogP contribution in [0.25, 0.3) is 10.1 Å². The average Bonchev–Trinajstić information content (AvgIpc) is 3.34. The first kappa shape index (κ1) is 15.6. The van der Waals surface area contributed by atoms with Crippen LogP contribution in [-0.4, -0.2) is 54.6 Å². The van der Waals surface area contributed by atoms with Crippen LogP contribution < -0.4 is 10.2 Å². The Balaban J connectivity index is 1.36. The molecule has 2 aromatic rings. The van der Waals surface area contributed by atoms with Gasteiger partial charge in [-0.25, -0.2) is 4.98 Å². The molecule has 0 aliphatic carbocycles. The van der Waals surface area contributed by atoms with Crippen LogP contribution in [-0.2, 0) is 0 Å². The number of nitrogens with zero attached hydrogens (tertiary/aromatic N) is 3. The highest BCUT2D eigenvalue weighted by atomic mass is 32.1. The van der Waals surface area contributed by atoms with Crippen molar-refractivity contribution in [2.24, 2.45) is 5.92 Å². The maximum absolute atomic E-state index is 12.7. The van der Waals surface area contributed by atoms with Gasteiger partial charge in [0, 0.05) is 49.2 Å². The van der Waals surface area contributed by atoms with Crippen molar-refractivity contribution in [2.45, 2.75) is 31.7 Å². The predicted octanol–water partition coefficient (Wildman–Crippen LogP) is 2.72. The lowest BCUT2D eigenvalue weighted by atomic mass is 9.97. The Kier molecular flexibility index (Phi) is 3.90. The summed E-state index contributed by atoms with van der Waals surface area (Å²) in [6.07, 6.45) is 6.78. The number of amides is 1. The van der Waals surface area contributed by atoms with Gasteiger partial charge in [0.2, 0.25) is 0 Å². The monoisotopic (exact) mass is 356 g/mol. The van der Waals surface area contributed by atoms with E-state index in [0.717, 1.165) is 32.0 Å². The summed E-state index contributed by atoms with van der Waals surface area (Å²) < 4.78 is 1.17. The van der Waals surface area contributed by atoms with Gasteiger partial charge in [-0.1, -0.05) is 0 Å². The van der Waals surface area contributed by atoms with Gasteiger partial charge in [-0.2, -0.15) is 0 Å². The van der Waals surface area contributed by atoms with Gasteiger partial charge in [0.25, 0.3) is 5.91 Å². The fourth-order valence-corrected chi connectivity index (χ4v) is 5.59. The van der Waals surface area contributed by atoms with E-state index >= 15 is 0 Å². The van der Waals surface area contributed by atoms with Crippen molar-refractivity contribution in [1.82, 2.24) is 15.2 Å². The SMILES string of the molecule is O=C(N[C@@H]1C[C@@H]2CCN(C2)C1)c1cc2c(N3CCCC3)csc2cn1. The molecule has 0 saturated carbocycles. The molecule has 1 amide bonds. The van der Waals surface area contributed by atoms with Crippen LogP contribution in [0.4, 0.5) is 5.69 Å². The second kappa shape index (κ2) is 6.25. The van der Waals surface area contributed by atoms with E-state index in [9.17, 15) is 4.79 Å². The molecule has 6 heteroatoms. The smallest absolute Gasteiger partial charge is 0.270 e. The number of hydrogen-bond donors (Lipinski definition) is 1. The van der Waals surface area contributed by atoms with Gasteiger partial charge < -0.3 is 15.1 Å². The van der Waals surface area contributed by atoms with Gasteiger partial charge in [0.15, 0.2) is 0 Å². The van der Waals surface area contributed by atoms with E-state index < -0.39 is 0 Å².